The quantitative estimate of drug-likeness (QED) is 0.881. The standard InChI is InChI=1S/C16H17BrFNO2/c1-19-9-11-5-4-10(8-13(11)18)12-6-7-14(20-2)15(17)16(12)21-3/h4-8,19H,9H2,1-3H3. The van der Waals surface area contributed by atoms with Crippen LogP contribution in [0.3, 0.4) is 0 Å². The van der Waals surface area contributed by atoms with Gasteiger partial charge in [-0.1, -0.05) is 12.1 Å². The van der Waals surface area contributed by atoms with Crippen molar-refractivity contribution in [2.24, 2.45) is 0 Å². The molecule has 0 spiro atoms. The average molecular weight is 354 g/mol. The van der Waals surface area contributed by atoms with Crippen LogP contribution in [-0.2, 0) is 6.54 Å². The third-order valence-corrected chi connectivity index (χ3v) is 3.97. The van der Waals surface area contributed by atoms with Gasteiger partial charge in [0, 0.05) is 17.7 Å². The molecule has 0 radical (unpaired) electrons. The highest BCUT2D eigenvalue weighted by Crippen LogP contribution is 2.42. The summed E-state index contributed by atoms with van der Waals surface area (Å²) in [4.78, 5) is 0. The molecule has 0 fully saturated rings. The van der Waals surface area contributed by atoms with E-state index in [2.05, 4.69) is 21.2 Å². The van der Waals surface area contributed by atoms with Gasteiger partial charge in [-0.2, -0.15) is 0 Å². The van der Waals surface area contributed by atoms with E-state index in [1.807, 2.05) is 18.2 Å². The molecule has 0 heterocycles. The van der Waals surface area contributed by atoms with Crippen molar-refractivity contribution in [2.45, 2.75) is 6.54 Å². The third kappa shape index (κ3) is 3.19. The van der Waals surface area contributed by atoms with Gasteiger partial charge < -0.3 is 14.8 Å². The van der Waals surface area contributed by atoms with Gasteiger partial charge in [-0.05, 0) is 46.7 Å². The van der Waals surface area contributed by atoms with Crippen LogP contribution in [0.25, 0.3) is 11.1 Å². The van der Waals surface area contributed by atoms with Gasteiger partial charge in [0.25, 0.3) is 0 Å². The Balaban J connectivity index is 2.51. The maximum atomic E-state index is 14.1. The molecule has 0 aliphatic heterocycles. The summed E-state index contributed by atoms with van der Waals surface area (Å²) in [5.74, 6) is 1.05. The van der Waals surface area contributed by atoms with Crippen LogP contribution in [0.1, 0.15) is 5.56 Å². The lowest BCUT2D eigenvalue weighted by Crippen LogP contribution is -2.06. The van der Waals surface area contributed by atoms with E-state index in [9.17, 15) is 4.39 Å². The molecule has 0 aliphatic carbocycles. The molecule has 112 valence electrons. The van der Waals surface area contributed by atoms with Gasteiger partial charge in [0.1, 0.15) is 21.8 Å². The number of methoxy groups -OCH3 is 2. The number of hydrogen-bond acceptors (Lipinski definition) is 3. The van der Waals surface area contributed by atoms with E-state index in [0.29, 0.717) is 28.1 Å². The van der Waals surface area contributed by atoms with Crippen LogP contribution in [0, 0.1) is 5.82 Å². The van der Waals surface area contributed by atoms with E-state index in [1.165, 1.54) is 6.07 Å². The van der Waals surface area contributed by atoms with Crippen molar-refractivity contribution < 1.29 is 13.9 Å². The van der Waals surface area contributed by atoms with Crippen LogP contribution in [0.4, 0.5) is 4.39 Å². The van der Waals surface area contributed by atoms with E-state index < -0.39 is 0 Å². The predicted molar refractivity (Wildman–Crippen MR) is 85.4 cm³/mol. The molecule has 0 atom stereocenters. The smallest absolute Gasteiger partial charge is 0.144 e. The van der Waals surface area contributed by atoms with Gasteiger partial charge >= 0.3 is 0 Å². The number of hydrogen-bond donors (Lipinski definition) is 1. The largest absolute Gasteiger partial charge is 0.495 e. The summed E-state index contributed by atoms with van der Waals surface area (Å²) < 4.78 is 25.5. The van der Waals surface area contributed by atoms with Crippen molar-refractivity contribution in [1.82, 2.24) is 5.32 Å². The summed E-state index contributed by atoms with van der Waals surface area (Å²) in [6.07, 6.45) is 0. The minimum absolute atomic E-state index is 0.240. The first-order chi connectivity index (χ1) is 10.1. The second kappa shape index (κ2) is 6.91. The lowest BCUT2D eigenvalue weighted by atomic mass is 10.0. The first-order valence-corrected chi connectivity index (χ1v) is 7.25. The van der Waals surface area contributed by atoms with E-state index in [0.717, 1.165) is 11.1 Å². The topological polar surface area (TPSA) is 30.5 Å². The maximum Gasteiger partial charge on any atom is 0.144 e. The molecule has 0 aromatic heterocycles. The van der Waals surface area contributed by atoms with Gasteiger partial charge in [0.15, 0.2) is 0 Å². The van der Waals surface area contributed by atoms with Crippen LogP contribution in [0.2, 0.25) is 0 Å². The lowest BCUT2D eigenvalue weighted by Gasteiger charge is -2.14. The predicted octanol–water partition coefficient (Wildman–Crippen LogP) is 3.99. The molecule has 1 N–H and O–H groups in total. The zero-order valence-electron chi connectivity index (χ0n) is 12.2. The second-order valence-corrected chi connectivity index (χ2v) is 5.29. The molecular formula is C16H17BrFNO2. The zero-order chi connectivity index (χ0) is 15.4. The molecular weight excluding hydrogens is 337 g/mol. The van der Waals surface area contributed by atoms with Gasteiger partial charge in [0.2, 0.25) is 0 Å². The Morgan fingerprint density at radius 1 is 1.14 bits per heavy atom. The number of rotatable bonds is 5. The molecule has 0 bridgehead atoms. The van der Waals surface area contributed by atoms with Crippen molar-refractivity contribution in [2.75, 3.05) is 21.3 Å². The van der Waals surface area contributed by atoms with Crippen LogP contribution in [-0.4, -0.2) is 21.3 Å². The van der Waals surface area contributed by atoms with Crippen LogP contribution < -0.4 is 14.8 Å². The summed E-state index contributed by atoms with van der Waals surface area (Å²) in [7, 11) is 4.96. The molecule has 0 aliphatic rings. The monoisotopic (exact) mass is 353 g/mol. The Bertz CT molecular complexity index is 646. The number of ether oxygens (including phenoxy) is 2. The van der Waals surface area contributed by atoms with Crippen LogP contribution in [0.15, 0.2) is 34.8 Å². The lowest BCUT2D eigenvalue weighted by molar-refractivity contribution is 0.390. The SMILES string of the molecule is CNCc1ccc(-c2ccc(OC)c(Br)c2OC)cc1F. The minimum Gasteiger partial charge on any atom is -0.495 e. The molecule has 3 nitrogen and oxygen atoms in total. The van der Waals surface area contributed by atoms with Gasteiger partial charge in [-0.3, -0.25) is 0 Å². The first kappa shape index (κ1) is 15.8. The second-order valence-electron chi connectivity index (χ2n) is 4.50. The van der Waals surface area contributed by atoms with Crippen molar-refractivity contribution in [3.05, 3.63) is 46.2 Å². The Morgan fingerprint density at radius 3 is 2.48 bits per heavy atom. The summed E-state index contributed by atoms with van der Waals surface area (Å²) in [5, 5.41) is 2.94. The van der Waals surface area contributed by atoms with Gasteiger partial charge in [-0.15, -0.1) is 0 Å². The normalized spacial score (nSPS) is 10.5. The Kier molecular flexibility index (Phi) is 5.20. The summed E-state index contributed by atoms with van der Waals surface area (Å²) in [6, 6.07) is 8.85. The third-order valence-electron chi connectivity index (χ3n) is 3.22. The fourth-order valence-corrected chi connectivity index (χ4v) is 2.84. The molecule has 0 amide bonds. The molecule has 0 saturated carbocycles. The van der Waals surface area contributed by atoms with E-state index in [1.54, 1.807) is 27.3 Å². The molecule has 0 saturated heterocycles. The fraction of sp³-hybridized carbons (Fsp3) is 0.250. The summed E-state index contributed by atoms with van der Waals surface area (Å²) in [6.45, 7) is 0.496. The Morgan fingerprint density at radius 2 is 1.90 bits per heavy atom. The highest BCUT2D eigenvalue weighted by molar-refractivity contribution is 9.10. The molecule has 2 aromatic rings. The number of halogens is 2. The maximum absolute atomic E-state index is 14.1. The van der Waals surface area contributed by atoms with Crippen molar-refractivity contribution >= 4 is 15.9 Å². The minimum atomic E-state index is -0.240. The zero-order valence-corrected chi connectivity index (χ0v) is 13.8. The summed E-state index contributed by atoms with van der Waals surface area (Å²) >= 11 is 3.45. The van der Waals surface area contributed by atoms with Crippen LogP contribution >= 0.6 is 15.9 Å². The van der Waals surface area contributed by atoms with Gasteiger partial charge in [-0.25, -0.2) is 4.39 Å². The molecule has 0 unspecified atom stereocenters. The van der Waals surface area contributed by atoms with Crippen molar-refractivity contribution in [3.63, 3.8) is 0 Å². The van der Waals surface area contributed by atoms with Gasteiger partial charge in [0.05, 0.1) is 14.2 Å². The van der Waals surface area contributed by atoms with E-state index in [-0.39, 0.29) is 5.82 Å². The van der Waals surface area contributed by atoms with Crippen molar-refractivity contribution in [1.29, 1.82) is 0 Å². The number of nitrogens with one attached hydrogen (secondary N) is 1. The molecule has 5 heteroatoms. The Labute approximate surface area is 132 Å². The highest BCUT2D eigenvalue weighted by atomic mass is 79.9. The molecule has 21 heavy (non-hydrogen) atoms. The Hall–Kier alpha value is -1.59. The van der Waals surface area contributed by atoms with E-state index >= 15 is 0 Å². The molecule has 2 rings (SSSR count). The van der Waals surface area contributed by atoms with Crippen molar-refractivity contribution in [3.8, 4) is 22.6 Å². The highest BCUT2D eigenvalue weighted by Gasteiger charge is 2.15. The van der Waals surface area contributed by atoms with Crippen LogP contribution in [0.5, 0.6) is 11.5 Å². The summed E-state index contributed by atoms with van der Waals surface area (Å²) in [5.41, 5.74) is 2.19. The first-order valence-electron chi connectivity index (χ1n) is 6.46. The molecule has 2 aromatic carbocycles. The number of benzene rings is 2. The van der Waals surface area contributed by atoms with E-state index in [4.69, 9.17) is 9.47 Å². The average Bonchev–Trinajstić information content (AvgIpc) is 2.49. The fourth-order valence-electron chi connectivity index (χ4n) is 2.17.